The lowest BCUT2D eigenvalue weighted by Crippen LogP contribution is -2.30. The zero-order valence-corrected chi connectivity index (χ0v) is 16.9. The van der Waals surface area contributed by atoms with E-state index in [0.29, 0.717) is 18.0 Å². The van der Waals surface area contributed by atoms with Gasteiger partial charge in [0.05, 0.1) is 31.5 Å². The Morgan fingerprint density at radius 1 is 1.18 bits per heavy atom. The average molecular weight is 398 g/mol. The van der Waals surface area contributed by atoms with Gasteiger partial charge in [-0.25, -0.2) is 4.98 Å². The Hall–Kier alpha value is -2.93. The Labute approximate surface area is 168 Å². The monoisotopic (exact) mass is 397 g/mol. The normalized spacial score (nSPS) is 11.7. The van der Waals surface area contributed by atoms with Gasteiger partial charge in [0.25, 0.3) is 0 Å². The molecule has 0 bridgehead atoms. The zero-order chi connectivity index (χ0) is 19.9. The minimum Gasteiger partial charge on any atom is -0.493 e. The number of benzene rings is 2. The van der Waals surface area contributed by atoms with Gasteiger partial charge < -0.3 is 19.4 Å². The van der Waals surface area contributed by atoms with Crippen molar-refractivity contribution in [3.8, 4) is 17.2 Å². The van der Waals surface area contributed by atoms with Gasteiger partial charge in [-0.05, 0) is 36.8 Å². The number of nitrogens with zero attached hydrogens (tertiary/aromatic N) is 2. The van der Waals surface area contributed by atoms with Gasteiger partial charge >= 0.3 is 0 Å². The number of ether oxygens (including phenoxy) is 2. The number of rotatable bonds is 8. The maximum absolute atomic E-state index is 12.6. The molecule has 0 saturated carbocycles. The predicted octanol–water partition coefficient (Wildman–Crippen LogP) is 3.69. The first-order valence-electron chi connectivity index (χ1n) is 8.85. The molecule has 1 N–H and O–H groups in total. The van der Waals surface area contributed by atoms with Crippen LogP contribution in [-0.2, 0) is 11.3 Å². The maximum atomic E-state index is 12.6. The minimum absolute atomic E-state index is 0.0276. The van der Waals surface area contributed by atoms with Crippen molar-refractivity contribution in [1.29, 1.82) is 0 Å². The highest BCUT2D eigenvalue weighted by Gasteiger charge is 2.16. The first kappa shape index (κ1) is 19.8. The van der Waals surface area contributed by atoms with E-state index in [-0.39, 0.29) is 11.2 Å². The molecule has 3 rings (SSSR count). The van der Waals surface area contributed by atoms with Crippen LogP contribution in [0.25, 0.3) is 5.69 Å². The lowest BCUT2D eigenvalue weighted by Gasteiger charge is -2.15. The van der Waals surface area contributed by atoms with Crippen LogP contribution in [-0.4, -0.2) is 34.9 Å². The first-order chi connectivity index (χ1) is 13.6. The van der Waals surface area contributed by atoms with Gasteiger partial charge in [-0.15, -0.1) is 11.8 Å². The van der Waals surface area contributed by atoms with E-state index in [4.69, 9.17) is 9.47 Å². The van der Waals surface area contributed by atoms with Gasteiger partial charge in [0, 0.05) is 23.8 Å². The summed E-state index contributed by atoms with van der Waals surface area (Å²) >= 11 is 1.47. The number of carbonyl (C=O) groups is 1. The molecule has 0 fully saturated rings. The molecule has 0 unspecified atom stereocenters. The molecule has 0 aliphatic rings. The first-order valence-corrected chi connectivity index (χ1v) is 9.73. The lowest BCUT2D eigenvalue weighted by molar-refractivity contribution is -0.120. The highest BCUT2D eigenvalue weighted by atomic mass is 32.2. The van der Waals surface area contributed by atoms with E-state index in [0.717, 1.165) is 16.1 Å². The standard InChI is InChI=1S/C21H23N3O3S/c1-15(28-17-8-9-19(26-2)20(12-17)27-3)21(25)23-13-16-6-4-5-7-18(16)24-11-10-22-14-24/h4-12,14-15H,13H2,1-3H3,(H,23,25)/t15-/m1/s1. The van der Waals surface area contributed by atoms with Crippen molar-refractivity contribution < 1.29 is 14.3 Å². The summed E-state index contributed by atoms with van der Waals surface area (Å²) in [6.07, 6.45) is 5.36. The van der Waals surface area contributed by atoms with Crippen LogP contribution >= 0.6 is 11.8 Å². The molecule has 0 saturated heterocycles. The number of hydrogen-bond acceptors (Lipinski definition) is 5. The third-order valence-corrected chi connectivity index (χ3v) is 5.36. The Bertz CT molecular complexity index is 928. The Morgan fingerprint density at radius 2 is 1.96 bits per heavy atom. The van der Waals surface area contributed by atoms with E-state index in [9.17, 15) is 4.79 Å². The summed E-state index contributed by atoms with van der Waals surface area (Å²) in [5.74, 6) is 1.29. The van der Waals surface area contributed by atoms with Crippen molar-refractivity contribution in [3.05, 3.63) is 66.7 Å². The highest BCUT2D eigenvalue weighted by molar-refractivity contribution is 8.00. The van der Waals surface area contributed by atoms with Crippen LogP contribution in [0.5, 0.6) is 11.5 Å². The zero-order valence-electron chi connectivity index (χ0n) is 16.1. The summed E-state index contributed by atoms with van der Waals surface area (Å²) in [6, 6.07) is 13.6. The van der Waals surface area contributed by atoms with Gasteiger partial charge in [-0.3, -0.25) is 4.79 Å². The topological polar surface area (TPSA) is 65.4 Å². The van der Waals surface area contributed by atoms with E-state index in [2.05, 4.69) is 10.3 Å². The number of hydrogen-bond donors (Lipinski definition) is 1. The summed E-state index contributed by atoms with van der Waals surface area (Å²) in [6.45, 7) is 2.34. The van der Waals surface area contributed by atoms with Crippen LogP contribution in [0.4, 0.5) is 0 Å². The third-order valence-electron chi connectivity index (χ3n) is 4.26. The average Bonchev–Trinajstić information content (AvgIpc) is 3.26. The number of nitrogens with one attached hydrogen (secondary N) is 1. The van der Waals surface area contributed by atoms with Crippen molar-refractivity contribution in [2.45, 2.75) is 23.6 Å². The fraction of sp³-hybridized carbons (Fsp3) is 0.238. The minimum atomic E-state index is -0.251. The predicted molar refractivity (Wildman–Crippen MR) is 110 cm³/mol. The number of carbonyl (C=O) groups excluding carboxylic acids is 1. The molecule has 0 radical (unpaired) electrons. The molecule has 1 aromatic heterocycles. The molecule has 146 valence electrons. The molecule has 7 heteroatoms. The van der Waals surface area contributed by atoms with Gasteiger partial charge in [0.1, 0.15) is 0 Å². The number of amides is 1. The molecule has 6 nitrogen and oxygen atoms in total. The van der Waals surface area contributed by atoms with Crippen LogP contribution in [0.15, 0.2) is 66.1 Å². The number of para-hydroxylation sites is 1. The quantitative estimate of drug-likeness (QED) is 0.588. The van der Waals surface area contributed by atoms with E-state index >= 15 is 0 Å². The SMILES string of the molecule is COc1ccc(S[C@H](C)C(=O)NCc2ccccc2-n2ccnc2)cc1OC. The van der Waals surface area contributed by atoms with Gasteiger partial charge in [0.2, 0.25) is 5.91 Å². The number of imidazole rings is 1. The molecular formula is C21H23N3O3S. The van der Waals surface area contributed by atoms with Crippen molar-refractivity contribution in [1.82, 2.24) is 14.9 Å². The highest BCUT2D eigenvalue weighted by Crippen LogP contribution is 2.33. The van der Waals surface area contributed by atoms with Gasteiger partial charge in [-0.2, -0.15) is 0 Å². The fourth-order valence-corrected chi connectivity index (χ4v) is 3.71. The maximum Gasteiger partial charge on any atom is 0.233 e. The second-order valence-electron chi connectivity index (χ2n) is 6.09. The summed E-state index contributed by atoms with van der Waals surface area (Å²) < 4.78 is 12.5. The third kappa shape index (κ3) is 4.67. The smallest absolute Gasteiger partial charge is 0.233 e. The summed E-state index contributed by atoms with van der Waals surface area (Å²) in [5, 5.41) is 2.77. The Kier molecular flexibility index (Phi) is 6.60. The molecule has 1 atom stereocenters. The molecule has 3 aromatic rings. The van der Waals surface area contributed by atoms with Crippen LogP contribution in [0, 0.1) is 0 Å². The van der Waals surface area contributed by atoms with Crippen LogP contribution < -0.4 is 14.8 Å². The molecule has 0 aliphatic heterocycles. The van der Waals surface area contributed by atoms with Crippen molar-refractivity contribution >= 4 is 17.7 Å². The van der Waals surface area contributed by atoms with Gasteiger partial charge in [0.15, 0.2) is 11.5 Å². The number of thioether (sulfide) groups is 1. The number of aromatic nitrogens is 2. The summed E-state index contributed by atoms with van der Waals surface area (Å²) in [5.41, 5.74) is 2.03. The summed E-state index contributed by atoms with van der Waals surface area (Å²) in [4.78, 5) is 17.6. The van der Waals surface area contributed by atoms with Crippen molar-refractivity contribution in [2.75, 3.05) is 14.2 Å². The van der Waals surface area contributed by atoms with Crippen LogP contribution in [0.3, 0.4) is 0 Å². The molecule has 2 aromatic carbocycles. The molecule has 0 spiro atoms. The molecular weight excluding hydrogens is 374 g/mol. The van der Waals surface area contributed by atoms with Crippen molar-refractivity contribution in [3.63, 3.8) is 0 Å². The van der Waals surface area contributed by atoms with E-state index in [1.54, 1.807) is 26.7 Å². The summed E-state index contributed by atoms with van der Waals surface area (Å²) in [7, 11) is 3.20. The fourth-order valence-electron chi connectivity index (χ4n) is 2.79. The lowest BCUT2D eigenvalue weighted by atomic mass is 10.1. The van der Waals surface area contributed by atoms with E-state index in [1.807, 2.05) is 60.2 Å². The second kappa shape index (κ2) is 9.32. The van der Waals surface area contributed by atoms with Gasteiger partial charge in [-0.1, -0.05) is 18.2 Å². The van der Waals surface area contributed by atoms with Crippen LogP contribution in [0.2, 0.25) is 0 Å². The Balaban J connectivity index is 1.63. The Morgan fingerprint density at radius 3 is 2.68 bits per heavy atom. The van der Waals surface area contributed by atoms with Crippen LogP contribution in [0.1, 0.15) is 12.5 Å². The second-order valence-corrected chi connectivity index (χ2v) is 7.51. The largest absolute Gasteiger partial charge is 0.493 e. The molecule has 1 heterocycles. The molecule has 0 aliphatic carbocycles. The van der Waals surface area contributed by atoms with E-state index < -0.39 is 0 Å². The van der Waals surface area contributed by atoms with E-state index in [1.165, 1.54) is 11.8 Å². The van der Waals surface area contributed by atoms with Crippen molar-refractivity contribution in [2.24, 2.45) is 0 Å². The number of methoxy groups -OCH3 is 2. The molecule has 28 heavy (non-hydrogen) atoms. The molecule has 1 amide bonds.